The molecule has 11 nitrogen and oxygen atoms in total. The number of hydrogen-bond donors (Lipinski definition) is 1. The predicted molar refractivity (Wildman–Crippen MR) is 139 cm³/mol. The predicted octanol–water partition coefficient (Wildman–Crippen LogP) is 2.49. The summed E-state index contributed by atoms with van der Waals surface area (Å²) in [4.78, 5) is 13.4. The Bertz CT molecular complexity index is 1550. The van der Waals surface area contributed by atoms with Gasteiger partial charge in [0.25, 0.3) is 0 Å². The number of azo groups is 1. The van der Waals surface area contributed by atoms with E-state index in [1.807, 2.05) is 31.0 Å². The van der Waals surface area contributed by atoms with Crippen molar-refractivity contribution in [1.82, 2.24) is 9.78 Å². The fraction of sp³-hybridized carbons (Fsp3) is 0.261. The number of amides is 1. The van der Waals surface area contributed by atoms with E-state index >= 15 is 0 Å². The van der Waals surface area contributed by atoms with Gasteiger partial charge in [-0.1, -0.05) is 30.1 Å². The molecule has 3 rings (SSSR count). The monoisotopic (exact) mass is 585 g/mol. The molecule has 1 aromatic heterocycles. The number of hydrogen-bond acceptors (Lipinski definition) is 9. The molecule has 15 heteroatoms. The number of rotatable bonds is 8. The van der Waals surface area contributed by atoms with Crippen molar-refractivity contribution >= 4 is 62.1 Å². The van der Waals surface area contributed by atoms with Gasteiger partial charge in [0, 0.05) is 25.7 Å². The smallest absolute Gasteiger partial charge is 0.744 e. The molecular weight excluding hydrogens is 564 g/mol. The van der Waals surface area contributed by atoms with Crippen molar-refractivity contribution in [2.24, 2.45) is 10.2 Å². The van der Waals surface area contributed by atoms with E-state index in [9.17, 15) is 23.0 Å². The van der Waals surface area contributed by atoms with Crippen LogP contribution in [0.4, 0.5) is 22.9 Å². The molecule has 1 heterocycles. The zero-order valence-electron chi connectivity index (χ0n) is 21.3. The Morgan fingerprint density at radius 1 is 1.21 bits per heavy atom. The van der Waals surface area contributed by atoms with E-state index in [0.717, 1.165) is 24.4 Å². The van der Waals surface area contributed by atoms with Crippen molar-refractivity contribution in [3.8, 4) is 11.8 Å². The molecule has 1 amide bonds. The maximum absolute atomic E-state index is 12.1. The van der Waals surface area contributed by atoms with E-state index in [4.69, 9.17) is 23.2 Å². The molecule has 0 saturated heterocycles. The number of anilines is 2. The van der Waals surface area contributed by atoms with Gasteiger partial charge >= 0.3 is 29.6 Å². The molecule has 0 aliphatic carbocycles. The van der Waals surface area contributed by atoms with Crippen molar-refractivity contribution < 1.29 is 47.3 Å². The molecule has 3 aromatic rings. The van der Waals surface area contributed by atoms with Crippen molar-refractivity contribution in [1.29, 1.82) is 5.26 Å². The topological polar surface area (TPSA) is 156 Å². The molecule has 0 spiro atoms. The first-order valence-electron chi connectivity index (χ1n) is 10.9. The van der Waals surface area contributed by atoms with Crippen molar-refractivity contribution in [3.05, 3.63) is 51.6 Å². The summed E-state index contributed by atoms with van der Waals surface area (Å²) >= 11 is 12.3. The van der Waals surface area contributed by atoms with E-state index in [0.29, 0.717) is 17.1 Å². The molecular formula is C23H22Cl2N7NaO4S. The Labute approximate surface area is 252 Å². The summed E-state index contributed by atoms with van der Waals surface area (Å²) in [7, 11) is -2.97. The maximum Gasteiger partial charge on any atom is 1.00 e. The van der Waals surface area contributed by atoms with Crippen LogP contribution < -0.4 is 39.8 Å². The van der Waals surface area contributed by atoms with Crippen LogP contribution in [-0.4, -0.2) is 42.3 Å². The molecule has 0 saturated carbocycles. The van der Waals surface area contributed by atoms with E-state index < -0.39 is 15.0 Å². The summed E-state index contributed by atoms with van der Waals surface area (Å²) in [5, 5.41) is 24.8. The average molecular weight is 586 g/mol. The van der Waals surface area contributed by atoms with Crippen molar-refractivity contribution in [3.63, 3.8) is 0 Å². The number of aromatic nitrogens is 2. The molecule has 0 bridgehead atoms. The summed E-state index contributed by atoms with van der Waals surface area (Å²) < 4.78 is 35.6. The van der Waals surface area contributed by atoms with Crippen molar-refractivity contribution in [2.45, 2.75) is 32.1 Å². The minimum Gasteiger partial charge on any atom is -0.744 e. The summed E-state index contributed by atoms with van der Waals surface area (Å²) in [5.74, 6) is -0.237. The SMILES string of the molecule is CCC(=O)Nc1cc(N(C)CC)ccc1N=Nc1c(C#N)c(C)nn1-c1cc(Cl)c(S(=O)(=O)[O-])cc1Cl.[Na+]. The van der Waals surface area contributed by atoms with Crippen LogP contribution in [0.3, 0.4) is 0 Å². The second-order valence-corrected chi connectivity index (χ2v) is 9.98. The standard InChI is InChI=1S/C23H23Cl2N7O4S.Na/c1-5-22(33)27-19-9-14(31(4)6-2)7-8-18(19)28-29-23-15(12-26)13(3)30-32(23)20-10-17(25)21(11-16(20)24)37(34,35)36;/h7-11H,5-6H2,1-4H3,(H,27,33)(H,34,35,36);/q;+1/p-1. The quantitative estimate of drug-likeness (QED) is 0.242. The molecule has 0 aliphatic rings. The van der Waals surface area contributed by atoms with Gasteiger partial charge in [-0.15, -0.1) is 10.2 Å². The molecule has 1 N–H and O–H groups in total. The van der Waals surface area contributed by atoms with Gasteiger partial charge in [-0.25, -0.2) is 13.1 Å². The molecule has 0 fully saturated rings. The van der Waals surface area contributed by atoms with Crippen LogP contribution in [0.25, 0.3) is 5.69 Å². The van der Waals surface area contributed by atoms with Crippen LogP contribution in [-0.2, 0) is 14.9 Å². The number of nitriles is 1. The third-order valence-corrected chi connectivity index (χ3v) is 6.99. The van der Waals surface area contributed by atoms with Crippen LogP contribution in [0.5, 0.6) is 0 Å². The number of benzene rings is 2. The van der Waals surface area contributed by atoms with Gasteiger partial charge in [-0.05, 0) is 44.2 Å². The number of halogens is 2. The van der Waals surface area contributed by atoms with Gasteiger partial charge in [-0.2, -0.15) is 10.4 Å². The summed E-state index contributed by atoms with van der Waals surface area (Å²) in [5.41, 5.74) is 2.04. The molecule has 0 unspecified atom stereocenters. The van der Waals surface area contributed by atoms with Gasteiger partial charge in [0.05, 0.1) is 32.0 Å². The van der Waals surface area contributed by atoms with Crippen LogP contribution in [0.1, 0.15) is 31.5 Å². The second kappa shape index (κ2) is 13.0. The third kappa shape index (κ3) is 6.92. The number of carbonyl (C=O) groups is 1. The normalized spacial score (nSPS) is 11.2. The van der Waals surface area contributed by atoms with E-state index in [-0.39, 0.29) is 69.0 Å². The van der Waals surface area contributed by atoms with E-state index in [1.54, 1.807) is 26.0 Å². The van der Waals surface area contributed by atoms with Gasteiger partial charge in [-0.3, -0.25) is 4.79 Å². The van der Waals surface area contributed by atoms with Gasteiger partial charge in [0.2, 0.25) is 5.91 Å². The largest absolute Gasteiger partial charge is 1.00 e. The first-order valence-corrected chi connectivity index (χ1v) is 13.1. The zero-order chi connectivity index (χ0) is 27.5. The molecule has 0 aliphatic heterocycles. The number of nitrogens with one attached hydrogen (secondary N) is 1. The molecule has 0 atom stereocenters. The van der Waals surface area contributed by atoms with Crippen LogP contribution >= 0.6 is 23.2 Å². The Morgan fingerprint density at radius 3 is 2.47 bits per heavy atom. The summed E-state index contributed by atoms with van der Waals surface area (Å²) in [6, 6.07) is 9.31. The van der Waals surface area contributed by atoms with Crippen LogP contribution in [0.15, 0.2) is 45.5 Å². The molecule has 38 heavy (non-hydrogen) atoms. The fourth-order valence-electron chi connectivity index (χ4n) is 3.25. The molecule has 2 aromatic carbocycles. The Kier molecular flexibility index (Phi) is 10.9. The van der Waals surface area contributed by atoms with Crippen LogP contribution in [0.2, 0.25) is 10.0 Å². The Hall–Kier alpha value is -2.50. The van der Waals surface area contributed by atoms with Gasteiger partial charge in [0.15, 0.2) is 5.82 Å². The molecule has 194 valence electrons. The Balaban J connectivity index is 0.00000507. The molecule has 0 radical (unpaired) electrons. The first-order chi connectivity index (χ1) is 17.4. The Morgan fingerprint density at radius 2 is 1.89 bits per heavy atom. The maximum atomic E-state index is 12.1. The van der Waals surface area contributed by atoms with E-state index in [1.165, 1.54) is 4.68 Å². The fourth-order valence-corrected chi connectivity index (χ4v) is 4.56. The summed E-state index contributed by atoms with van der Waals surface area (Å²) in [6.07, 6.45) is 0.253. The zero-order valence-corrected chi connectivity index (χ0v) is 25.6. The summed E-state index contributed by atoms with van der Waals surface area (Å²) in [6.45, 7) is 6.02. The van der Waals surface area contributed by atoms with Crippen LogP contribution in [0, 0.1) is 18.3 Å². The minimum atomic E-state index is -4.88. The van der Waals surface area contributed by atoms with Gasteiger partial charge in [0.1, 0.15) is 27.4 Å². The van der Waals surface area contributed by atoms with Gasteiger partial charge < -0.3 is 14.8 Å². The number of aryl methyl sites for hydroxylation is 1. The average Bonchev–Trinajstić information content (AvgIpc) is 3.17. The number of nitrogens with zero attached hydrogens (tertiary/aromatic N) is 6. The minimum absolute atomic E-state index is 0. The van der Waals surface area contributed by atoms with E-state index in [2.05, 4.69) is 20.6 Å². The van der Waals surface area contributed by atoms with Crippen molar-refractivity contribution in [2.75, 3.05) is 23.8 Å². The third-order valence-electron chi connectivity index (χ3n) is 5.39. The first kappa shape index (κ1) is 31.7. The number of carbonyl (C=O) groups excluding carboxylic acids is 1. The second-order valence-electron chi connectivity index (χ2n) is 7.81.